The van der Waals surface area contributed by atoms with E-state index in [-0.39, 0.29) is 10.8 Å². The van der Waals surface area contributed by atoms with Gasteiger partial charge in [-0.15, -0.1) is 0 Å². The van der Waals surface area contributed by atoms with Crippen LogP contribution in [-0.4, -0.2) is 31.1 Å². The fraction of sp³-hybridized carbons (Fsp3) is 0.500. The molecule has 1 saturated heterocycles. The number of benzene rings is 1. The molecular weight excluding hydrogens is 227 g/mol. The van der Waals surface area contributed by atoms with Gasteiger partial charge in [0.1, 0.15) is 5.82 Å². The lowest BCUT2D eigenvalue weighted by Gasteiger charge is -2.16. The van der Waals surface area contributed by atoms with E-state index in [1.165, 1.54) is 6.07 Å². The highest BCUT2D eigenvalue weighted by Gasteiger charge is 2.21. The molecule has 1 aliphatic rings. The summed E-state index contributed by atoms with van der Waals surface area (Å²) in [6, 6.07) is 5.54. The van der Waals surface area contributed by atoms with E-state index in [0.717, 1.165) is 31.6 Å². The number of nitrogens with zero attached hydrogens (tertiary/aromatic N) is 1. The molecule has 1 N–H and O–H groups in total. The van der Waals surface area contributed by atoms with Crippen LogP contribution in [0.4, 0.5) is 4.39 Å². The third-order valence-electron chi connectivity index (χ3n) is 3.11. The normalized spacial score (nSPS) is 21.6. The van der Waals surface area contributed by atoms with Gasteiger partial charge in [-0.3, -0.25) is 4.90 Å². The van der Waals surface area contributed by atoms with Crippen LogP contribution >= 0.6 is 11.6 Å². The lowest BCUT2D eigenvalue weighted by molar-refractivity contribution is 0.322. The average Bonchev–Trinajstić information content (AvgIpc) is 2.73. The van der Waals surface area contributed by atoms with Crippen LogP contribution < -0.4 is 5.32 Å². The molecule has 0 aliphatic carbocycles. The molecule has 1 aromatic rings. The summed E-state index contributed by atoms with van der Waals surface area (Å²) in [4.78, 5) is 2.29. The number of likely N-dealkylation sites (tertiary alicyclic amines) is 1. The van der Waals surface area contributed by atoms with Crippen LogP contribution in [0.1, 0.15) is 12.0 Å². The Hall–Kier alpha value is -0.640. The fourth-order valence-electron chi connectivity index (χ4n) is 2.12. The zero-order valence-corrected chi connectivity index (χ0v) is 10.1. The van der Waals surface area contributed by atoms with Crippen LogP contribution in [0.15, 0.2) is 18.2 Å². The van der Waals surface area contributed by atoms with Crippen molar-refractivity contribution in [2.24, 2.45) is 0 Å². The monoisotopic (exact) mass is 242 g/mol. The number of hydrogen-bond acceptors (Lipinski definition) is 2. The van der Waals surface area contributed by atoms with Crippen molar-refractivity contribution in [2.75, 3.05) is 20.1 Å². The predicted octanol–water partition coefficient (Wildman–Crippen LogP) is 2.27. The molecule has 0 amide bonds. The van der Waals surface area contributed by atoms with Gasteiger partial charge in [-0.2, -0.15) is 0 Å². The van der Waals surface area contributed by atoms with E-state index in [4.69, 9.17) is 11.6 Å². The van der Waals surface area contributed by atoms with Crippen molar-refractivity contribution in [1.29, 1.82) is 0 Å². The maximum atomic E-state index is 13.2. The molecule has 88 valence electrons. The summed E-state index contributed by atoms with van der Waals surface area (Å²) in [5.41, 5.74) is 0.874. The highest BCUT2D eigenvalue weighted by Crippen LogP contribution is 2.22. The van der Waals surface area contributed by atoms with Gasteiger partial charge in [0.05, 0.1) is 5.02 Å². The minimum atomic E-state index is -0.330. The number of halogens is 2. The van der Waals surface area contributed by atoms with Crippen molar-refractivity contribution >= 4 is 11.6 Å². The Labute approximate surface area is 100 Å². The van der Waals surface area contributed by atoms with Gasteiger partial charge in [-0.25, -0.2) is 4.39 Å². The molecule has 0 bridgehead atoms. The van der Waals surface area contributed by atoms with Gasteiger partial charge in [0.15, 0.2) is 0 Å². The van der Waals surface area contributed by atoms with Crippen LogP contribution in [0.2, 0.25) is 5.02 Å². The summed E-state index contributed by atoms with van der Waals surface area (Å²) < 4.78 is 13.2. The topological polar surface area (TPSA) is 15.3 Å². The molecule has 1 heterocycles. The summed E-state index contributed by atoms with van der Waals surface area (Å²) in [7, 11) is 1.98. The first-order valence-electron chi connectivity index (χ1n) is 5.53. The number of hydrogen-bond donors (Lipinski definition) is 1. The highest BCUT2D eigenvalue weighted by molar-refractivity contribution is 6.31. The first-order valence-corrected chi connectivity index (χ1v) is 5.91. The third kappa shape index (κ3) is 2.54. The molecule has 16 heavy (non-hydrogen) atoms. The molecule has 1 unspecified atom stereocenters. The standard InChI is InChI=1S/C12H16ClFN2/c1-15-10-5-6-16(8-10)7-9-3-2-4-11(14)12(9)13/h2-4,10,15H,5-8H2,1H3. The van der Waals surface area contributed by atoms with E-state index in [2.05, 4.69) is 10.2 Å². The van der Waals surface area contributed by atoms with Crippen molar-refractivity contribution < 1.29 is 4.39 Å². The molecule has 1 fully saturated rings. The van der Waals surface area contributed by atoms with Gasteiger partial charge >= 0.3 is 0 Å². The second kappa shape index (κ2) is 5.13. The van der Waals surface area contributed by atoms with Crippen molar-refractivity contribution in [1.82, 2.24) is 10.2 Å². The lowest BCUT2D eigenvalue weighted by Crippen LogP contribution is -2.29. The summed E-state index contributed by atoms with van der Waals surface area (Å²) >= 11 is 5.92. The van der Waals surface area contributed by atoms with Gasteiger partial charge in [-0.05, 0) is 25.1 Å². The molecule has 4 heteroatoms. The van der Waals surface area contributed by atoms with Crippen LogP contribution in [0.25, 0.3) is 0 Å². The zero-order valence-electron chi connectivity index (χ0n) is 9.34. The Morgan fingerprint density at radius 3 is 3.06 bits per heavy atom. The molecule has 1 aromatic carbocycles. The van der Waals surface area contributed by atoms with Crippen LogP contribution in [0, 0.1) is 5.82 Å². The average molecular weight is 243 g/mol. The van der Waals surface area contributed by atoms with Crippen molar-refractivity contribution in [3.8, 4) is 0 Å². The highest BCUT2D eigenvalue weighted by atomic mass is 35.5. The van der Waals surface area contributed by atoms with E-state index >= 15 is 0 Å². The van der Waals surface area contributed by atoms with Gasteiger partial charge in [0.25, 0.3) is 0 Å². The van der Waals surface area contributed by atoms with E-state index in [0.29, 0.717) is 6.04 Å². The smallest absolute Gasteiger partial charge is 0.142 e. The molecule has 0 saturated carbocycles. The summed E-state index contributed by atoms with van der Waals surface area (Å²) in [6.07, 6.45) is 1.14. The quantitative estimate of drug-likeness (QED) is 0.875. The molecule has 0 radical (unpaired) electrons. The number of nitrogens with one attached hydrogen (secondary N) is 1. The van der Waals surface area contributed by atoms with Gasteiger partial charge in [0, 0.05) is 25.7 Å². The van der Waals surface area contributed by atoms with Crippen molar-refractivity contribution in [3.63, 3.8) is 0 Å². The van der Waals surface area contributed by atoms with Crippen molar-refractivity contribution in [2.45, 2.75) is 19.0 Å². The Balaban J connectivity index is 2.02. The summed E-state index contributed by atoms with van der Waals surface area (Å²) in [5, 5.41) is 3.52. The first kappa shape index (κ1) is 11.8. The van der Waals surface area contributed by atoms with Crippen molar-refractivity contribution in [3.05, 3.63) is 34.6 Å². The minimum Gasteiger partial charge on any atom is -0.316 e. The fourth-order valence-corrected chi connectivity index (χ4v) is 2.31. The largest absolute Gasteiger partial charge is 0.316 e. The molecule has 0 aromatic heterocycles. The molecular formula is C12H16ClFN2. The molecule has 2 rings (SSSR count). The predicted molar refractivity (Wildman–Crippen MR) is 64.2 cm³/mol. The third-order valence-corrected chi connectivity index (χ3v) is 3.53. The van der Waals surface area contributed by atoms with E-state index in [1.807, 2.05) is 13.1 Å². The Morgan fingerprint density at radius 2 is 2.38 bits per heavy atom. The molecule has 1 atom stereocenters. The second-order valence-corrected chi connectivity index (χ2v) is 4.60. The summed E-state index contributed by atoms with van der Waals surface area (Å²) in [5.74, 6) is -0.330. The molecule has 0 spiro atoms. The maximum Gasteiger partial charge on any atom is 0.142 e. The van der Waals surface area contributed by atoms with Gasteiger partial charge < -0.3 is 5.32 Å². The molecule has 2 nitrogen and oxygen atoms in total. The van der Waals surface area contributed by atoms with Crippen LogP contribution in [0.3, 0.4) is 0 Å². The SMILES string of the molecule is CNC1CCN(Cc2cccc(F)c2Cl)C1. The zero-order chi connectivity index (χ0) is 11.5. The lowest BCUT2D eigenvalue weighted by atomic mass is 10.2. The van der Waals surface area contributed by atoms with Gasteiger partial charge in [-0.1, -0.05) is 23.7 Å². The van der Waals surface area contributed by atoms with E-state index in [1.54, 1.807) is 6.07 Å². The van der Waals surface area contributed by atoms with Crippen LogP contribution in [-0.2, 0) is 6.54 Å². The van der Waals surface area contributed by atoms with E-state index in [9.17, 15) is 4.39 Å². The maximum absolute atomic E-state index is 13.2. The molecule has 1 aliphatic heterocycles. The second-order valence-electron chi connectivity index (χ2n) is 4.22. The van der Waals surface area contributed by atoms with Gasteiger partial charge in [0.2, 0.25) is 0 Å². The Morgan fingerprint density at radius 1 is 1.56 bits per heavy atom. The Bertz CT molecular complexity index is 370. The first-order chi connectivity index (χ1) is 7.70. The number of likely N-dealkylation sites (N-methyl/N-ethyl adjacent to an activating group) is 1. The van der Waals surface area contributed by atoms with E-state index < -0.39 is 0 Å². The van der Waals surface area contributed by atoms with Crippen LogP contribution in [0.5, 0.6) is 0 Å². The Kier molecular flexibility index (Phi) is 3.79. The number of rotatable bonds is 3. The summed E-state index contributed by atoms with van der Waals surface area (Å²) in [6.45, 7) is 2.77. The minimum absolute atomic E-state index is 0.260.